The average molecular weight is 544 g/mol. The van der Waals surface area contributed by atoms with Gasteiger partial charge in [0.15, 0.2) is 11.5 Å². The van der Waals surface area contributed by atoms with Gasteiger partial charge in [-0.15, -0.1) is 13.2 Å². The minimum absolute atomic E-state index is 0.0280. The number of hydrogen-bond donors (Lipinski definition) is 0. The maximum Gasteiger partial charge on any atom is 0.328 e. The van der Waals surface area contributed by atoms with Gasteiger partial charge in [-0.25, -0.2) is 4.79 Å². The molecule has 8 heteroatoms. The molecule has 1 saturated heterocycles. The van der Waals surface area contributed by atoms with Crippen LogP contribution < -0.4 is 14.2 Å². The Balaban J connectivity index is 1.95. The molecule has 2 atom stereocenters. The van der Waals surface area contributed by atoms with Gasteiger partial charge in [0, 0.05) is 6.54 Å². The van der Waals surface area contributed by atoms with E-state index in [0.717, 1.165) is 44.1 Å². The lowest BCUT2D eigenvalue weighted by molar-refractivity contribution is -0.158. The fraction of sp³-hybridized carbons (Fsp3) is 0.613. The number of hydrogen-bond acceptors (Lipinski definition) is 7. The lowest BCUT2D eigenvalue weighted by atomic mass is 9.75. The number of rotatable bonds is 15. The molecule has 1 aromatic rings. The monoisotopic (exact) mass is 543 g/mol. The summed E-state index contributed by atoms with van der Waals surface area (Å²) in [5.41, 5.74) is 0.816. The van der Waals surface area contributed by atoms with Gasteiger partial charge in [0.2, 0.25) is 11.7 Å². The molecule has 0 aromatic heterocycles. The van der Waals surface area contributed by atoms with Crippen molar-refractivity contribution in [3.05, 3.63) is 43.0 Å². The van der Waals surface area contributed by atoms with Crippen molar-refractivity contribution in [2.75, 3.05) is 47.2 Å². The van der Waals surface area contributed by atoms with E-state index in [-0.39, 0.29) is 24.4 Å². The predicted octanol–water partition coefficient (Wildman–Crippen LogP) is 5.45. The van der Waals surface area contributed by atoms with Gasteiger partial charge in [-0.05, 0) is 62.1 Å². The molecule has 1 saturated carbocycles. The molecule has 0 bridgehead atoms. The van der Waals surface area contributed by atoms with Gasteiger partial charge in [-0.3, -0.25) is 4.79 Å². The molecule has 1 aliphatic heterocycles. The first kappa shape index (κ1) is 30.5. The van der Waals surface area contributed by atoms with Crippen molar-refractivity contribution in [3.8, 4) is 17.2 Å². The standard InChI is InChI=1S/C31H45NO7/c1-5-7-18-39-31(34)25-15-11-12-16-32(25)30(33)28(23-13-9-8-10-14-23)24-21-26(35-3)29(36-4)27(22-24)38-20-19-37-17-6-2/h5-6,21-23,25,28H,1-2,7-20H2,3-4H3/t25-,28-/m0/s1. The first-order chi connectivity index (χ1) is 19.0. The van der Waals surface area contributed by atoms with Crippen LogP contribution in [0.25, 0.3) is 0 Å². The molecule has 39 heavy (non-hydrogen) atoms. The van der Waals surface area contributed by atoms with E-state index in [2.05, 4.69) is 13.2 Å². The summed E-state index contributed by atoms with van der Waals surface area (Å²) < 4.78 is 28.4. The molecule has 1 amide bonds. The SMILES string of the molecule is C=CCCOC(=O)[C@@H]1CCCCN1C(=O)[C@H](c1cc(OC)c(OC)c(OCCOCC=C)c1)C1CCCCC1. The van der Waals surface area contributed by atoms with Crippen LogP contribution in [0.2, 0.25) is 0 Å². The topological polar surface area (TPSA) is 83.5 Å². The summed E-state index contributed by atoms with van der Waals surface area (Å²) in [6.07, 6.45) is 11.6. The summed E-state index contributed by atoms with van der Waals surface area (Å²) >= 11 is 0. The zero-order valence-electron chi connectivity index (χ0n) is 23.7. The number of ether oxygens (including phenoxy) is 5. The molecule has 8 nitrogen and oxygen atoms in total. The van der Waals surface area contributed by atoms with Crippen molar-refractivity contribution in [2.24, 2.45) is 5.92 Å². The lowest BCUT2D eigenvalue weighted by Gasteiger charge is -2.39. The molecule has 216 valence electrons. The van der Waals surface area contributed by atoms with Gasteiger partial charge in [0.05, 0.1) is 40.0 Å². The van der Waals surface area contributed by atoms with Gasteiger partial charge >= 0.3 is 5.97 Å². The molecule has 1 aliphatic carbocycles. The molecule has 2 aliphatic rings. The summed E-state index contributed by atoms with van der Waals surface area (Å²) in [4.78, 5) is 29.2. The van der Waals surface area contributed by atoms with Crippen LogP contribution in [0, 0.1) is 5.92 Å². The van der Waals surface area contributed by atoms with E-state index in [0.29, 0.717) is 56.5 Å². The Morgan fingerprint density at radius 1 is 0.949 bits per heavy atom. The second-order valence-corrected chi connectivity index (χ2v) is 10.1. The first-order valence-electron chi connectivity index (χ1n) is 14.2. The highest BCUT2D eigenvalue weighted by Gasteiger charge is 2.40. The Bertz CT molecular complexity index is 957. The van der Waals surface area contributed by atoms with Crippen LogP contribution >= 0.6 is 0 Å². The minimum atomic E-state index is -0.569. The second kappa shape index (κ2) is 16.2. The Morgan fingerprint density at radius 2 is 1.69 bits per heavy atom. The third kappa shape index (κ3) is 8.24. The number of nitrogens with zero attached hydrogens (tertiary/aromatic N) is 1. The molecular weight excluding hydrogens is 498 g/mol. The van der Waals surface area contributed by atoms with E-state index in [4.69, 9.17) is 23.7 Å². The highest BCUT2D eigenvalue weighted by atomic mass is 16.5. The largest absolute Gasteiger partial charge is 0.493 e. The Kier molecular flexibility index (Phi) is 12.7. The molecule has 1 heterocycles. The number of carbonyl (C=O) groups is 2. The maximum absolute atomic E-state index is 14.4. The van der Waals surface area contributed by atoms with Crippen LogP contribution in [0.1, 0.15) is 69.3 Å². The fourth-order valence-corrected chi connectivity index (χ4v) is 5.66. The maximum atomic E-state index is 14.4. The molecule has 2 fully saturated rings. The van der Waals surface area contributed by atoms with E-state index in [1.54, 1.807) is 31.3 Å². The van der Waals surface area contributed by atoms with Crippen LogP contribution in [0.3, 0.4) is 0 Å². The fourth-order valence-electron chi connectivity index (χ4n) is 5.66. The number of amides is 1. The number of methoxy groups -OCH3 is 2. The van der Waals surface area contributed by atoms with Crippen molar-refractivity contribution >= 4 is 11.9 Å². The summed E-state index contributed by atoms with van der Waals surface area (Å²) in [5, 5.41) is 0. The van der Waals surface area contributed by atoms with Crippen LogP contribution in [-0.2, 0) is 19.1 Å². The third-order valence-corrected chi connectivity index (χ3v) is 7.56. The smallest absolute Gasteiger partial charge is 0.328 e. The van der Waals surface area contributed by atoms with Crippen LogP contribution in [0.5, 0.6) is 17.2 Å². The van der Waals surface area contributed by atoms with E-state index in [9.17, 15) is 9.59 Å². The van der Waals surface area contributed by atoms with E-state index in [1.165, 1.54) is 6.42 Å². The van der Waals surface area contributed by atoms with Crippen LogP contribution in [0.4, 0.5) is 0 Å². The number of benzene rings is 1. The summed E-state index contributed by atoms with van der Waals surface area (Å²) in [6.45, 7) is 9.30. The molecule has 1 aromatic carbocycles. The van der Waals surface area contributed by atoms with Crippen molar-refractivity contribution in [1.82, 2.24) is 4.90 Å². The summed E-state index contributed by atoms with van der Waals surface area (Å²) in [6, 6.07) is 3.21. The highest BCUT2D eigenvalue weighted by molar-refractivity contribution is 5.89. The predicted molar refractivity (Wildman–Crippen MR) is 150 cm³/mol. The van der Waals surface area contributed by atoms with Crippen LogP contribution in [-0.4, -0.2) is 70.0 Å². The van der Waals surface area contributed by atoms with Gasteiger partial charge in [0.25, 0.3) is 0 Å². The van der Waals surface area contributed by atoms with E-state index >= 15 is 0 Å². The Labute approximate surface area is 233 Å². The zero-order valence-corrected chi connectivity index (χ0v) is 23.7. The summed E-state index contributed by atoms with van der Waals surface area (Å²) in [5.74, 6) is 0.856. The first-order valence-corrected chi connectivity index (χ1v) is 14.2. The third-order valence-electron chi connectivity index (χ3n) is 7.56. The van der Waals surface area contributed by atoms with Gasteiger partial charge < -0.3 is 28.6 Å². The van der Waals surface area contributed by atoms with Crippen molar-refractivity contribution in [2.45, 2.75) is 69.7 Å². The molecule has 0 N–H and O–H groups in total. The molecular formula is C31H45NO7. The van der Waals surface area contributed by atoms with Gasteiger partial charge in [-0.1, -0.05) is 31.4 Å². The van der Waals surface area contributed by atoms with Gasteiger partial charge in [0.1, 0.15) is 12.6 Å². The Morgan fingerprint density at radius 3 is 2.38 bits per heavy atom. The second-order valence-electron chi connectivity index (χ2n) is 10.1. The molecule has 0 spiro atoms. The van der Waals surface area contributed by atoms with E-state index in [1.807, 2.05) is 12.1 Å². The van der Waals surface area contributed by atoms with Crippen molar-refractivity contribution in [1.29, 1.82) is 0 Å². The minimum Gasteiger partial charge on any atom is -0.493 e. The average Bonchev–Trinajstić information content (AvgIpc) is 2.97. The molecule has 0 unspecified atom stereocenters. The van der Waals surface area contributed by atoms with Crippen molar-refractivity contribution < 1.29 is 33.3 Å². The van der Waals surface area contributed by atoms with E-state index < -0.39 is 12.0 Å². The number of carbonyl (C=O) groups excluding carboxylic acids is 2. The Hall–Kier alpha value is -3.00. The number of piperidine rings is 1. The molecule has 3 rings (SSSR count). The number of esters is 1. The molecule has 0 radical (unpaired) electrons. The quantitative estimate of drug-likeness (QED) is 0.165. The van der Waals surface area contributed by atoms with Crippen LogP contribution in [0.15, 0.2) is 37.4 Å². The highest BCUT2D eigenvalue weighted by Crippen LogP contribution is 2.45. The summed E-state index contributed by atoms with van der Waals surface area (Å²) in [7, 11) is 3.15. The normalized spacial score (nSPS) is 18.6. The lowest BCUT2D eigenvalue weighted by Crippen LogP contribution is -2.51. The van der Waals surface area contributed by atoms with Gasteiger partial charge in [-0.2, -0.15) is 0 Å². The zero-order chi connectivity index (χ0) is 28.0. The number of likely N-dealkylation sites (tertiary alicyclic amines) is 1. The van der Waals surface area contributed by atoms with Crippen molar-refractivity contribution in [3.63, 3.8) is 0 Å².